The number of anilines is 1. The zero-order valence-corrected chi connectivity index (χ0v) is 13.7. The van der Waals surface area contributed by atoms with E-state index in [4.69, 9.17) is 34.8 Å². The molecule has 108 valence electrons. The Hall–Kier alpha value is -1.27. The van der Waals surface area contributed by atoms with Gasteiger partial charge in [0.2, 0.25) is 0 Å². The minimum absolute atomic E-state index is 0.309. The molecule has 0 atom stereocenters. The molecule has 0 saturated carbocycles. The highest BCUT2D eigenvalue weighted by molar-refractivity contribution is 7.17. The Kier molecular flexibility index (Phi) is 3.84. The number of halogens is 3. The summed E-state index contributed by atoms with van der Waals surface area (Å²) in [7, 11) is 0. The van der Waals surface area contributed by atoms with E-state index in [1.165, 1.54) is 23.5 Å². The summed E-state index contributed by atoms with van der Waals surface area (Å²) in [5.74, 6) is -0.358. The molecule has 8 heteroatoms. The van der Waals surface area contributed by atoms with Crippen LogP contribution < -0.4 is 5.32 Å². The molecular formula is C13H8Cl3N3OS. The van der Waals surface area contributed by atoms with Crippen LogP contribution in [0.4, 0.5) is 5.69 Å². The fraction of sp³-hybridized carbons (Fsp3) is 0.0769. The minimum Gasteiger partial charge on any atom is -0.319 e. The maximum Gasteiger partial charge on any atom is 0.275 e. The lowest BCUT2D eigenvalue weighted by Gasteiger charge is -2.07. The Morgan fingerprint density at radius 1 is 1.19 bits per heavy atom. The van der Waals surface area contributed by atoms with E-state index in [2.05, 4.69) is 10.3 Å². The van der Waals surface area contributed by atoms with E-state index in [-0.39, 0.29) is 5.91 Å². The molecule has 2 heterocycles. The fourth-order valence-electron chi connectivity index (χ4n) is 1.82. The van der Waals surface area contributed by atoms with Crippen molar-refractivity contribution in [3.05, 3.63) is 50.2 Å². The van der Waals surface area contributed by atoms with Crippen molar-refractivity contribution in [3.63, 3.8) is 0 Å². The van der Waals surface area contributed by atoms with E-state index >= 15 is 0 Å². The quantitative estimate of drug-likeness (QED) is 0.660. The van der Waals surface area contributed by atoms with Gasteiger partial charge in [-0.3, -0.25) is 9.20 Å². The molecule has 0 aliphatic rings. The summed E-state index contributed by atoms with van der Waals surface area (Å²) in [4.78, 5) is 18.3. The van der Waals surface area contributed by atoms with Gasteiger partial charge in [0.05, 0.1) is 20.8 Å². The minimum atomic E-state index is -0.358. The van der Waals surface area contributed by atoms with Crippen LogP contribution in [-0.4, -0.2) is 15.3 Å². The second-order valence-corrected chi connectivity index (χ2v) is 6.79. The maximum absolute atomic E-state index is 12.2. The Balaban J connectivity index is 1.88. The molecule has 0 radical (unpaired) electrons. The van der Waals surface area contributed by atoms with Gasteiger partial charge in [-0.15, -0.1) is 11.3 Å². The number of nitrogens with one attached hydrogen (secondary N) is 1. The van der Waals surface area contributed by atoms with Crippen LogP contribution in [0.2, 0.25) is 15.1 Å². The van der Waals surface area contributed by atoms with E-state index in [1.54, 1.807) is 6.20 Å². The standard InChI is InChI=1S/C13H8Cl3N3OS/c1-6-4-19-5-11(18-13(19)21-6)12(20)17-10-3-8(15)7(14)2-9(10)16/h2-5H,1H3,(H,17,20). The van der Waals surface area contributed by atoms with Crippen LogP contribution in [0.1, 0.15) is 15.4 Å². The van der Waals surface area contributed by atoms with Crippen LogP contribution in [0.15, 0.2) is 24.5 Å². The number of carbonyl (C=O) groups is 1. The Morgan fingerprint density at radius 2 is 1.90 bits per heavy atom. The highest BCUT2D eigenvalue weighted by atomic mass is 35.5. The van der Waals surface area contributed by atoms with E-state index in [1.807, 2.05) is 17.5 Å². The van der Waals surface area contributed by atoms with Gasteiger partial charge >= 0.3 is 0 Å². The molecule has 0 unspecified atom stereocenters. The van der Waals surface area contributed by atoms with Crippen molar-refractivity contribution in [3.8, 4) is 0 Å². The molecule has 21 heavy (non-hydrogen) atoms. The molecule has 3 aromatic rings. The summed E-state index contributed by atoms with van der Waals surface area (Å²) >= 11 is 19.3. The van der Waals surface area contributed by atoms with Crippen LogP contribution in [0.3, 0.4) is 0 Å². The number of hydrogen-bond donors (Lipinski definition) is 1. The van der Waals surface area contributed by atoms with E-state index in [0.29, 0.717) is 26.4 Å². The third-order valence-corrected chi connectivity index (χ3v) is 4.71. The predicted octanol–water partition coefficient (Wildman–Crippen LogP) is 4.92. The molecule has 0 aliphatic heterocycles. The zero-order valence-electron chi connectivity index (χ0n) is 10.7. The van der Waals surface area contributed by atoms with Crippen LogP contribution in [0, 0.1) is 6.92 Å². The maximum atomic E-state index is 12.2. The first-order valence-corrected chi connectivity index (χ1v) is 7.80. The van der Waals surface area contributed by atoms with Gasteiger partial charge in [-0.1, -0.05) is 34.8 Å². The van der Waals surface area contributed by atoms with Crippen molar-refractivity contribution in [2.75, 3.05) is 5.32 Å². The van der Waals surface area contributed by atoms with Gasteiger partial charge in [-0.2, -0.15) is 0 Å². The average molecular weight is 361 g/mol. The van der Waals surface area contributed by atoms with Crippen LogP contribution in [0.25, 0.3) is 4.96 Å². The SMILES string of the molecule is Cc1cn2cc(C(=O)Nc3cc(Cl)c(Cl)cc3Cl)nc2s1. The van der Waals surface area contributed by atoms with Crippen molar-refractivity contribution < 1.29 is 4.79 Å². The van der Waals surface area contributed by atoms with Gasteiger partial charge < -0.3 is 5.32 Å². The number of thiazole rings is 1. The summed E-state index contributed by atoms with van der Waals surface area (Å²) in [5.41, 5.74) is 0.701. The van der Waals surface area contributed by atoms with Gasteiger partial charge in [0, 0.05) is 17.3 Å². The smallest absolute Gasteiger partial charge is 0.275 e. The molecule has 0 fully saturated rings. The fourth-order valence-corrected chi connectivity index (χ4v) is 3.23. The van der Waals surface area contributed by atoms with Crippen LogP contribution in [0.5, 0.6) is 0 Å². The summed E-state index contributed by atoms with van der Waals surface area (Å²) in [5, 5.41) is 3.64. The number of aryl methyl sites for hydroxylation is 1. The highest BCUT2D eigenvalue weighted by Gasteiger charge is 2.15. The number of hydrogen-bond acceptors (Lipinski definition) is 3. The van der Waals surface area contributed by atoms with E-state index in [0.717, 1.165) is 9.84 Å². The number of rotatable bonds is 2. The molecular weight excluding hydrogens is 353 g/mol. The van der Waals surface area contributed by atoms with Crippen molar-refractivity contribution in [2.24, 2.45) is 0 Å². The summed E-state index contributed by atoms with van der Waals surface area (Å²) < 4.78 is 1.81. The third-order valence-electron chi connectivity index (χ3n) is 2.76. The number of amides is 1. The summed E-state index contributed by atoms with van der Waals surface area (Å²) in [6, 6.07) is 2.99. The average Bonchev–Trinajstić information content (AvgIpc) is 2.93. The van der Waals surface area contributed by atoms with Gasteiger partial charge in [0.1, 0.15) is 5.69 Å². The number of benzene rings is 1. The topological polar surface area (TPSA) is 46.4 Å². The Labute approximate surface area is 139 Å². The lowest BCUT2D eigenvalue weighted by Crippen LogP contribution is -2.12. The van der Waals surface area contributed by atoms with Crippen molar-refractivity contribution in [1.29, 1.82) is 0 Å². The first kappa shape index (κ1) is 14.7. The number of fused-ring (bicyclic) bond motifs is 1. The molecule has 3 rings (SSSR count). The predicted molar refractivity (Wildman–Crippen MR) is 87.2 cm³/mol. The lowest BCUT2D eigenvalue weighted by molar-refractivity contribution is 0.102. The molecule has 0 aliphatic carbocycles. The molecule has 0 bridgehead atoms. The number of imidazole rings is 1. The van der Waals surface area contributed by atoms with Crippen molar-refractivity contribution >= 4 is 62.7 Å². The monoisotopic (exact) mass is 359 g/mol. The number of carbonyl (C=O) groups excluding carboxylic acids is 1. The second-order valence-electron chi connectivity index (χ2n) is 4.36. The largest absolute Gasteiger partial charge is 0.319 e. The van der Waals surface area contributed by atoms with E-state index in [9.17, 15) is 4.79 Å². The van der Waals surface area contributed by atoms with Crippen molar-refractivity contribution in [2.45, 2.75) is 6.92 Å². The van der Waals surface area contributed by atoms with Crippen LogP contribution >= 0.6 is 46.1 Å². The van der Waals surface area contributed by atoms with Gasteiger partial charge in [0.15, 0.2) is 4.96 Å². The Bertz CT molecular complexity index is 824. The second kappa shape index (κ2) is 5.50. The highest BCUT2D eigenvalue weighted by Crippen LogP contribution is 2.32. The number of nitrogens with zero attached hydrogens (tertiary/aromatic N) is 2. The molecule has 1 aromatic carbocycles. The molecule has 0 spiro atoms. The molecule has 1 amide bonds. The summed E-state index contributed by atoms with van der Waals surface area (Å²) in [6.07, 6.45) is 3.58. The van der Waals surface area contributed by atoms with Crippen molar-refractivity contribution in [1.82, 2.24) is 9.38 Å². The first-order chi connectivity index (χ1) is 9.94. The lowest BCUT2D eigenvalue weighted by atomic mass is 10.3. The summed E-state index contributed by atoms with van der Waals surface area (Å²) in [6.45, 7) is 1.98. The molecule has 2 aromatic heterocycles. The Morgan fingerprint density at radius 3 is 2.62 bits per heavy atom. The molecule has 0 saturated heterocycles. The first-order valence-electron chi connectivity index (χ1n) is 5.85. The van der Waals surface area contributed by atoms with Crippen LogP contribution in [-0.2, 0) is 0 Å². The zero-order chi connectivity index (χ0) is 15.1. The van der Waals surface area contributed by atoms with Gasteiger partial charge in [-0.25, -0.2) is 4.98 Å². The van der Waals surface area contributed by atoms with Gasteiger partial charge in [0.25, 0.3) is 5.91 Å². The number of aromatic nitrogens is 2. The normalized spacial score (nSPS) is 11.0. The van der Waals surface area contributed by atoms with E-state index < -0.39 is 0 Å². The molecule has 4 nitrogen and oxygen atoms in total. The molecule has 1 N–H and O–H groups in total. The van der Waals surface area contributed by atoms with Gasteiger partial charge in [-0.05, 0) is 19.1 Å². The third kappa shape index (κ3) is 2.87.